The van der Waals surface area contributed by atoms with Gasteiger partial charge in [-0.3, -0.25) is 5.10 Å². The Kier molecular flexibility index (Phi) is 5.17. The van der Waals surface area contributed by atoms with Crippen molar-refractivity contribution in [2.45, 2.75) is 38.5 Å². The van der Waals surface area contributed by atoms with Gasteiger partial charge in [-0.15, -0.1) is 12.4 Å². The molecule has 0 amide bonds. The first-order chi connectivity index (χ1) is 9.33. The van der Waals surface area contributed by atoms with Crippen LogP contribution in [-0.2, 0) is 0 Å². The number of fused-ring (bicyclic) bond motifs is 1. The minimum absolute atomic E-state index is 0. The molecule has 5 nitrogen and oxygen atoms in total. The topological polar surface area (TPSA) is 57.7 Å². The monoisotopic (exact) mass is 295 g/mol. The molecule has 0 unspecified atom stereocenters. The fraction of sp³-hybridized carbons (Fsp3) is 0.643. The molecule has 1 saturated carbocycles. The second kappa shape index (κ2) is 6.88. The highest BCUT2D eigenvalue weighted by molar-refractivity contribution is 5.85. The van der Waals surface area contributed by atoms with Crippen molar-refractivity contribution in [2.24, 2.45) is 5.92 Å². The molecule has 2 heterocycles. The van der Waals surface area contributed by atoms with Crippen molar-refractivity contribution >= 4 is 29.4 Å². The molecular formula is C14H22ClN5. The number of H-pyrrole nitrogens is 1. The Labute approximate surface area is 125 Å². The quantitative estimate of drug-likeness (QED) is 0.920. The maximum atomic E-state index is 4.48. The summed E-state index contributed by atoms with van der Waals surface area (Å²) in [6, 6.07) is 0. The molecule has 0 aromatic carbocycles. The highest BCUT2D eigenvalue weighted by atomic mass is 35.5. The lowest BCUT2D eigenvalue weighted by atomic mass is 10.0. The summed E-state index contributed by atoms with van der Waals surface area (Å²) in [7, 11) is 2.06. The number of aromatic nitrogens is 4. The molecule has 110 valence electrons. The highest BCUT2D eigenvalue weighted by Crippen LogP contribution is 2.28. The molecule has 2 aromatic heterocycles. The minimum atomic E-state index is 0. The first kappa shape index (κ1) is 15.0. The number of hydrogen-bond acceptors (Lipinski definition) is 4. The fourth-order valence-electron chi connectivity index (χ4n) is 2.93. The Hall–Kier alpha value is -1.36. The van der Waals surface area contributed by atoms with Crippen molar-refractivity contribution in [3.05, 3.63) is 12.4 Å². The molecule has 1 aliphatic rings. The lowest BCUT2D eigenvalue weighted by molar-refractivity contribution is 0.484. The molecule has 1 aliphatic carbocycles. The van der Waals surface area contributed by atoms with Crippen molar-refractivity contribution in [3.8, 4) is 0 Å². The van der Waals surface area contributed by atoms with E-state index in [1.54, 1.807) is 6.20 Å². The largest absolute Gasteiger partial charge is 0.344 e. The van der Waals surface area contributed by atoms with Crippen LogP contribution in [0.3, 0.4) is 0 Å². The van der Waals surface area contributed by atoms with Crippen molar-refractivity contribution < 1.29 is 0 Å². The third kappa shape index (κ3) is 3.39. The van der Waals surface area contributed by atoms with Gasteiger partial charge in [0, 0.05) is 19.8 Å². The summed E-state index contributed by atoms with van der Waals surface area (Å²) < 4.78 is 0. The lowest BCUT2D eigenvalue weighted by Crippen LogP contribution is -2.21. The van der Waals surface area contributed by atoms with Gasteiger partial charge in [0.25, 0.3) is 0 Å². The second-order valence-corrected chi connectivity index (χ2v) is 5.56. The van der Waals surface area contributed by atoms with Crippen LogP contribution in [-0.4, -0.2) is 33.8 Å². The Morgan fingerprint density at radius 3 is 2.90 bits per heavy atom. The number of nitrogens with zero attached hydrogens (tertiary/aromatic N) is 4. The SMILES string of the molecule is CN(CCCC1CCCC1)c1ncc2cn[nH]c2n1.Cl. The van der Waals surface area contributed by atoms with E-state index in [1.165, 1.54) is 38.5 Å². The van der Waals surface area contributed by atoms with Crippen LogP contribution < -0.4 is 4.90 Å². The molecule has 0 saturated heterocycles. The van der Waals surface area contributed by atoms with Gasteiger partial charge in [-0.25, -0.2) is 4.98 Å². The molecule has 0 atom stereocenters. The summed E-state index contributed by atoms with van der Waals surface area (Å²) in [5, 5.41) is 7.82. The number of hydrogen-bond donors (Lipinski definition) is 1. The molecule has 0 aliphatic heterocycles. The zero-order valence-corrected chi connectivity index (χ0v) is 12.7. The summed E-state index contributed by atoms with van der Waals surface area (Å²) in [6.07, 6.45) is 11.9. The van der Waals surface area contributed by atoms with Gasteiger partial charge in [0.1, 0.15) is 0 Å². The molecule has 2 aromatic rings. The Morgan fingerprint density at radius 1 is 1.30 bits per heavy atom. The van der Waals surface area contributed by atoms with Crippen molar-refractivity contribution in [3.63, 3.8) is 0 Å². The first-order valence-electron chi connectivity index (χ1n) is 7.20. The van der Waals surface area contributed by atoms with Gasteiger partial charge in [-0.05, 0) is 18.8 Å². The molecule has 1 N–H and O–H groups in total. The van der Waals surface area contributed by atoms with E-state index in [-0.39, 0.29) is 12.4 Å². The van der Waals surface area contributed by atoms with Crippen LogP contribution >= 0.6 is 12.4 Å². The summed E-state index contributed by atoms with van der Waals surface area (Å²) >= 11 is 0. The number of nitrogens with one attached hydrogen (secondary N) is 1. The molecule has 3 rings (SSSR count). The van der Waals surface area contributed by atoms with E-state index in [2.05, 4.69) is 32.1 Å². The van der Waals surface area contributed by atoms with Gasteiger partial charge >= 0.3 is 0 Å². The van der Waals surface area contributed by atoms with Crippen molar-refractivity contribution in [1.29, 1.82) is 0 Å². The van der Waals surface area contributed by atoms with Gasteiger partial charge in [0.05, 0.1) is 11.6 Å². The van der Waals surface area contributed by atoms with Gasteiger partial charge in [0.15, 0.2) is 5.65 Å². The van der Waals surface area contributed by atoms with Gasteiger partial charge in [-0.2, -0.15) is 10.1 Å². The van der Waals surface area contributed by atoms with Crippen LogP contribution in [0.25, 0.3) is 11.0 Å². The molecule has 1 fully saturated rings. The van der Waals surface area contributed by atoms with Crippen LogP contribution in [0.1, 0.15) is 38.5 Å². The molecule has 20 heavy (non-hydrogen) atoms. The van der Waals surface area contributed by atoms with Crippen LogP contribution in [0.15, 0.2) is 12.4 Å². The highest BCUT2D eigenvalue weighted by Gasteiger charge is 2.15. The zero-order chi connectivity index (χ0) is 13.1. The molecule has 0 spiro atoms. The van der Waals surface area contributed by atoms with Gasteiger partial charge in [-0.1, -0.05) is 25.7 Å². The second-order valence-electron chi connectivity index (χ2n) is 5.56. The van der Waals surface area contributed by atoms with E-state index in [0.29, 0.717) is 0 Å². The Morgan fingerprint density at radius 2 is 2.10 bits per heavy atom. The average Bonchev–Trinajstić information content (AvgIpc) is 3.08. The van der Waals surface area contributed by atoms with Gasteiger partial charge in [0.2, 0.25) is 5.95 Å². The Balaban J connectivity index is 0.00000147. The number of anilines is 1. The minimum Gasteiger partial charge on any atom is -0.344 e. The summed E-state index contributed by atoms with van der Waals surface area (Å²) in [5.41, 5.74) is 0.813. The molecule has 6 heteroatoms. The molecule has 0 bridgehead atoms. The maximum Gasteiger partial charge on any atom is 0.227 e. The average molecular weight is 296 g/mol. The van der Waals surface area contributed by atoms with Crippen molar-refractivity contribution in [1.82, 2.24) is 20.2 Å². The summed E-state index contributed by atoms with van der Waals surface area (Å²) in [6.45, 7) is 1.02. The van der Waals surface area contributed by atoms with E-state index in [9.17, 15) is 0 Å². The normalized spacial score (nSPS) is 15.4. The van der Waals surface area contributed by atoms with E-state index >= 15 is 0 Å². The van der Waals surface area contributed by atoms with Crippen LogP contribution in [0, 0.1) is 5.92 Å². The smallest absolute Gasteiger partial charge is 0.227 e. The van der Waals surface area contributed by atoms with E-state index in [0.717, 1.165) is 29.4 Å². The maximum absolute atomic E-state index is 4.48. The molecule has 0 radical (unpaired) electrons. The number of aromatic amines is 1. The lowest BCUT2D eigenvalue weighted by Gasteiger charge is -2.17. The third-order valence-corrected chi connectivity index (χ3v) is 4.10. The zero-order valence-electron chi connectivity index (χ0n) is 11.9. The van der Waals surface area contributed by atoms with Crippen LogP contribution in [0.5, 0.6) is 0 Å². The van der Waals surface area contributed by atoms with E-state index < -0.39 is 0 Å². The van der Waals surface area contributed by atoms with Gasteiger partial charge < -0.3 is 4.90 Å². The molecular weight excluding hydrogens is 274 g/mol. The van der Waals surface area contributed by atoms with Crippen molar-refractivity contribution in [2.75, 3.05) is 18.5 Å². The van der Waals surface area contributed by atoms with E-state index in [4.69, 9.17) is 0 Å². The summed E-state index contributed by atoms with van der Waals surface area (Å²) in [5.74, 6) is 1.74. The number of halogens is 1. The predicted molar refractivity (Wildman–Crippen MR) is 83.4 cm³/mol. The predicted octanol–water partition coefficient (Wildman–Crippen LogP) is 3.18. The van der Waals surface area contributed by atoms with Crippen LogP contribution in [0.4, 0.5) is 5.95 Å². The Bertz CT molecular complexity index is 535. The summed E-state index contributed by atoms with van der Waals surface area (Å²) in [4.78, 5) is 11.0. The standard InChI is InChI=1S/C14H21N5.ClH/c1-19(8-4-7-11-5-2-3-6-11)14-15-9-12-10-16-18-13(12)17-14;/h9-11H,2-8H2,1H3,(H,15,16,17,18);1H. The number of rotatable bonds is 5. The van der Waals surface area contributed by atoms with E-state index in [1.807, 2.05) is 6.20 Å². The fourth-order valence-corrected chi connectivity index (χ4v) is 2.93. The third-order valence-electron chi connectivity index (χ3n) is 4.10. The van der Waals surface area contributed by atoms with Crippen LogP contribution in [0.2, 0.25) is 0 Å². The first-order valence-corrected chi connectivity index (χ1v) is 7.20.